The molecule has 0 atom stereocenters. The summed E-state index contributed by atoms with van der Waals surface area (Å²) in [6.45, 7) is 0. The van der Waals surface area contributed by atoms with E-state index in [1.807, 2.05) is 48.5 Å². The molecule has 7 heteroatoms. The van der Waals surface area contributed by atoms with Crippen molar-refractivity contribution in [2.45, 2.75) is 0 Å². The standard InChI is InChI=1S/C26H17N3O4/c30-26(19-10-5-2-6-11-19)23-24(22-12-7-17-33-22)27-28(25(23)18-8-3-1-4-9-18)20-13-15-21(16-14-20)29(31)32/h1-17H. The molecular weight excluding hydrogens is 418 g/mol. The Labute approximate surface area is 188 Å². The first kappa shape index (κ1) is 20.1. The van der Waals surface area contributed by atoms with Crippen molar-refractivity contribution in [2.75, 3.05) is 0 Å². The molecule has 0 radical (unpaired) electrons. The Bertz CT molecular complexity index is 1420. The minimum absolute atomic E-state index is 0.0287. The van der Waals surface area contributed by atoms with Gasteiger partial charge in [0.15, 0.2) is 11.5 Å². The summed E-state index contributed by atoms with van der Waals surface area (Å²) in [4.78, 5) is 24.4. The summed E-state index contributed by atoms with van der Waals surface area (Å²) >= 11 is 0. The van der Waals surface area contributed by atoms with E-state index in [-0.39, 0.29) is 11.5 Å². The third kappa shape index (κ3) is 3.72. The van der Waals surface area contributed by atoms with E-state index in [1.165, 1.54) is 18.4 Å². The van der Waals surface area contributed by atoms with Crippen LogP contribution in [0.3, 0.4) is 0 Å². The maximum Gasteiger partial charge on any atom is 0.269 e. The number of furan rings is 1. The number of benzene rings is 3. The van der Waals surface area contributed by atoms with Gasteiger partial charge in [0, 0.05) is 23.3 Å². The fourth-order valence-electron chi connectivity index (χ4n) is 3.72. The Kier molecular flexibility index (Phi) is 5.12. The van der Waals surface area contributed by atoms with Gasteiger partial charge in [-0.05, 0) is 24.3 Å². The molecule has 0 amide bonds. The Balaban J connectivity index is 1.81. The summed E-state index contributed by atoms with van der Waals surface area (Å²) in [7, 11) is 0. The van der Waals surface area contributed by atoms with Gasteiger partial charge in [0.05, 0.1) is 28.1 Å². The van der Waals surface area contributed by atoms with Gasteiger partial charge in [-0.25, -0.2) is 4.68 Å². The third-order valence-electron chi connectivity index (χ3n) is 5.26. The largest absolute Gasteiger partial charge is 0.463 e. The van der Waals surface area contributed by atoms with Crippen LogP contribution in [0.25, 0.3) is 28.4 Å². The van der Waals surface area contributed by atoms with Crippen molar-refractivity contribution in [2.24, 2.45) is 0 Å². The number of carbonyl (C=O) groups excluding carboxylic acids is 1. The van der Waals surface area contributed by atoms with Crippen molar-refractivity contribution in [1.82, 2.24) is 9.78 Å². The fourth-order valence-corrected chi connectivity index (χ4v) is 3.72. The van der Waals surface area contributed by atoms with E-state index in [4.69, 9.17) is 9.52 Å². The molecule has 3 aromatic carbocycles. The second-order valence-corrected chi connectivity index (χ2v) is 7.30. The number of hydrogen-bond acceptors (Lipinski definition) is 5. The van der Waals surface area contributed by atoms with Gasteiger partial charge >= 0.3 is 0 Å². The van der Waals surface area contributed by atoms with E-state index in [2.05, 4.69) is 0 Å². The molecule has 5 rings (SSSR count). The zero-order valence-corrected chi connectivity index (χ0v) is 17.3. The Morgan fingerprint density at radius 2 is 1.52 bits per heavy atom. The van der Waals surface area contributed by atoms with Crippen LogP contribution in [-0.4, -0.2) is 20.5 Å². The Morgan fingerprint density at radius 3 is 2.12 bits per heavy atom. The average molecular weight is 435 g/mol. The van der Waals surface area contributed by atoms with E-state index in [1.54, 1.807) is 41.1 Å². The van der Waals surface area contributed by atoms with Gasteiger partial charge in [0.1, 0.15) is 5.69 Å². The Morgan fingerprint density at radius 1 is 0.848 bits per heavy atom. The molecule has 0 saturated carbocycles. The van der Waals surface area contributed by atoms with Crippen molar-refractivity contribution in [1.29, 1.82) is 0 Å². The monoisotopic (exact) mass is 435 g/mol. The van der Waals surface area contributed by atoms with Crippen LogP contribution in [0.15, 0.2) is 108 Å². The van der Waals surface area contributed by atoms with Crippen molar-refractivity contribution in [3.05, 3.63) is 125 Å². The summed E-state index contributed by atoms with van der Waals surface area (Å²) in [6.07, 6.45) is 1.53. The van der Waals surface area contributed by atoms with Crippen molar-refractivity contribution >= 4 is 11.5 Å². The van der Waals surface area contributed by atoms with E-state index < -0.39 is 4.92 Å². The molecule has 0 saturated heterocycles. The fraction of sp³-hybridized carbons (Fsp3) is 0. The highest BCUT2D eigenvalue weighted by Gasteiger charge is 2.28. The first-order valence-electron chi connectivity index (χ1n) is 10.2. The number of nitrogens with zero attached hydrogens (tertiary/aromatic N) is 3. The number of rotatable bonds is 6. The highest BCUT2D eigenvalue weighted by Crippen LogP contribution is 2.36. The van der Waals surface area contributed by atoms with Gasteiger partial charge < -0.3 is 4.42 Å². The molecule has 0 aliphatic carbocycles. The molecule has 33 heavy (non-hydrogen) atoms. The molecule has 0 N–H and O–H groups in total. The number of ketones is 1. The maximum atomic E-state index is 13.8. The molecule has 160 valence electrons. The molecule has 5 aromatic rings. The third-order valence-corrected chi connectivity index (χ3v) is 5.26. The second kappa shape index (κ2) is 8.39. The highest BCUT2D eigenvalue weighted by atomic mass is 16.6. The molecule has 0 fully saturated rings. The van der Waals surface area contributed by atoms with E-state index in [0.29, 0.717) is 34.0 Å². The Hall–Kier alpha value is -4.78. The number of carbonyl (C=O) groups is 1. The second-order valence-electron chi connectivity index (χ2n) is 7.30. The SMILES string of the molecule is O=C(c1ccccc1)c1c(-c2ccco2)nn(-c2ccc([N+](=O)[O-])cc2)c1-c1ccccc1. The van der Waals surface area contributed by atoms with E-state index in [9.17, 15) is 14.9 Å². The smallest absolute Gasteiger partial charge is 0.269 e. The molecule has 0 aliphatic heterocycles. The number of aromatic nitrogens is 2. The molecule has 7 nitrogen and oxygen atoms in total. The minimum Gasteiger partial charge on any atom is -0.463 e. The number of nitro groups is 1. The lowest BCUT2D eigenvalue weighted by atomic mass is 9.96. The van der Waals surface area contributed by atoms with Crippen molar-refractivity contribution in [3.8, 4) is 28.4 Å². The minimum atomic E-state index is -0.455. The predicted molar refractivity (Wildman–Crippen MR) is 123 cm³/mol. The predicted octanol–water partition coefficient (Wildman–Crippen LogP) is 5.94. The number of nitro benzene ring substituents is 1. The van der Waals surface area contributed by atoms with Crippen LogP contribution in [0, 0.1) is 10.1 Å². The maximum absolute atomic E-state index is 13.8. The van der Waals surface area contributed by atoms with Gasteiger partial charge in [0.25, 0.3) is 5.69 Å². The van der Waals surface area contributed by atoms with Gasteiger partial charge in [-0.1, -0.05) is 60.7 Å². The van der Waals surface area contributed by atoms with Crippen LogP contribution in [-0.2, 0) is 0 Å². The van der Waals surface area contributed by atoms with E-state index in [0.717, 1.165) is 5.56 Å². The molecule has 2 aromatic heterocycles. The average Bonchev–Trinajstić information content (AvgIpc) is 3.53. The molecule has 2 heterocycles. The van der Waals surface area contributed by atoms with Gasteiger partial charge in [-0.2, -0.15) is 5.10 Å². The van der Waals surface area contributed by atoms with Crippen LogP contribution in [0.5, 0.6) is 0 Å². The highest BCUT2D eigenvalue weighted by molar-refractivity contribution is 6.16. The lowest BCUT2D eigenvalue weighted by Crippen LogP contribution is -2.05. The van der Waals surface area contributed by atoms with Gasteiger partial charge in [-0.3, -0.25) is 14.9 Å². The number of non-ortho nitro benzene ring substituents is 1. The lowest BCUT2D eigenvalue weighted by Gasteiger charge is -2.10. The topological polar surface area (TPSA) is 91.2 Å². The van der Waals surface area contributed by atoms with Gasteiger partial charge in [-0.15, -0.1) is 0 Å². The van der Waals surface area contributed by atoms with Crippen molar-refractivity contribution in [3.63, 3.8) is 0 Å². The zero-order chi connectivity index (χ0) is 22.8. The normalized spacial score (nSPS) is 10.8. The molecule has 0 unspecified atom stereocenters. The van der Waals surface area contributed by atoms with Crippen LogP contribution in [0.4, 0.5) is 5.69 Å². The van der Waals surface area contributed by atoms with Crippen LogP contribution >= 0.6 is 0 Å². The molecule has 0 bridgehead atoms. The zero-order valence-electron chi connectivity index (χ0n) is 17.3. The molecular formula is C26H17N3O4. The summed E-state index contributed by atoms with van der Waals surface area (Å²) in [5.74, 6) is 0.251. The summed E-state index contributed by atoms with van der Waals surface area (Å²) in [6, 6.07) is 28.0. The molecule has 0 aliphatic rings. The molecule has 0 spiro atoms. The first-order valence-corrected chi connectivity index (χ1v) is 10.2. The van der Waals surface area contributed by atoms with Crippen molar-refractivity contribution < 1.29 is 14.1 Å². The van der Waals surface area contributed by atoms with E-state index >= 15 is 0 Å². The summed E-state index contributed by atoms with van der Waals surface area (Å²) in [5, 5.41) is 15.9. The van der Waals surface area contributed by atoms with Gasteiger partial charge in [0.2, 0.25) is 0 Å². The van der Waals surface area contributed by atoms with Crippen LogP contribution in [0.1, 0.15) is 15.9 Å². The van der Waals surface area contributed by atoms with Crippen LogP contribution < -0.4 is 0 Å². The number of hydrogen-bond donors (Lipinski definition) is 0. The summed E-state index contributed by atoms with van der Waals surface area (Å²) in [5.41, 5.74) is 3.21. The quantitative estimate of drug-likeness (QED) is 0.187. The lowest BCUT2D eigenvalue weighted by molar-refractivity contribution is -0.384. The first-order chi connectivity index (χ1) is 16.1. The van der Waals surface area contributed by atoms with Crippen LogP contribution in [0.2, 0.25) is 0 Å². The summed E-state index contributed by atoms with van der Waals surface area (Å²) < 4.78 is 7.25.